The smallest absolute Gasteiger partial charge is 0.414 e. The van der Waals surface area contributed by atoms with Crippen LogP contribution in [0.1, 0.15) is 30.4 Å². The van der Waals surface area contributed by atoms with E-state index in [1.165, 1.54) is 5.56 Å². The maximum Gasteiger partial charge on any atom is 0.414 e. The minimum atomic E-state index is -0.250. The highest BCUT2D eigenvalue weighted by atomic mass is 35.5. The highest BCUT2D eigenvalue weighted by molar-refractivity contribution is 5.89. The van der Waals surface area contributed by atoms with Crippen molar-refractivity contribution in [1.29, 1.82) is 0 Å². The lowest BCUT2D eigenvalue weighted by Gasteiger charge is -2.45. The molecule has 2 aromatic rings. The Bertz CT molecular complexity index is 745. The van der Waals surface area contributed by atoms with Gasteiger partial charge in [-0.25, -0.2) is 4.79 Å². The molecule has 1 N–H and O–H groups in total. The number of rotatable bonds is 2. The molecule has 138 valence electrons. The van der Waals surface area contributed by atoms with Gasteiger partial charge in [0.25, 0.3) is 0 Å². The molecular weight excluding hydrogens is 348 g/mol. The predicted molar refractivity (Wildman–Crippen MR) is 106 cm³/mol. The van der Waals surface area contributed by atoms with E-state index < -0.39 is 0 Å². The SMILES string of the molecule is Cl.O=C(OCc1ccccc1)N1CCC2(CCNCC2)c2ccccc21. The number of carbonyl (C=O) groups excluding carboxylic acids is 1. The fourth-order valence-corrected chi connectivity index (χ4v) is 4.15. The maximum absolute atomic E-state index is 12.7. The van der Waals surface area contributed by atoms with Gasteiger partial charge < -0.3 is 10.1 Å². The van der Waals surface area contributed by atoms with Gasteiger partial charge in [0.1, 0.15) is 6.61 Å². The molecule has 2 heterocycles. The van der Waals surface area contributed by atoms with Crippen LogP contribution in [0, 0.1) is 0 Å². The maximum atomic E-state index is 12.7. The van der Waals surface area contributed by atoms with Crippen LogP contribution in [0.5, 0.6) is 0 Å². The molecule has 2 aliphatic rings. The number of para-hydroxylation sites is 1. The third-order valence-corrected chi connectivity index (χ3v) is 5.57. The van der Waals surface area contributed by atoms with Crippen molar-refractivity contribution in [3.05, 3.63) is 65.7 Å². The van der Waals surface area contributed by atoms with Crippen LogP contribution >= 0.6 is 12.4 Å². The first-order valence-corrected chi connectivity index (χ1v) is 9.07. The summed E-state index contributed by atoms with van der Waals surface area (Å²) >= 11 is 0. The zero-order valence-corrected chi connectivity index (χ0v) is 15.6. The molecule has 26 heavy (non-hydrogen) atoms. The standard InChI is InChI=1S/C21H24N2O2.ClH/c24-20(25-16-17-6-2-1-3-7-17)23-15-12-21(10-13-22-14-11-21)18-8-4-5-9-19(18)23;/h1-9,22H,10-16H2;1H. The topological polar surface area (TPSA) is 41.6 Å². The van der Waals surface area contributed by atoms with E-state index in [-0.39, 0.29) is 23.9 Å². The summed E-state index contributed by atoms with van der Waals surface area (Å²) < 4.78 is 5.57. The summed E-state index contributed by atoms with van der Waals surface area (Å²) in [7, 11) is 0. The van der Waals surface area contributed by atoms with Gasteiger partial charge in [-0.1, -0.05) is 48.5 Å². The Morgan fingerprint density at radius 1 is 1.00 bits per heavy atom. The molecule has 2 aromatic carbocycles. The number of ether oxygens (including phenoxy) is 1. The first-order chi connectivity index (χ1) is 12.3. The minimum absolute atomic E-state index is 0. The van der Waals surface area contributed by atoms with Crippen molar-refractivity contribution in [2.24, 2.45) is 0 Å². The van der Waals surface area contributed by atoms with Gasteiger partial charge in [-0.15, -0.1) is 12.4 Å². The van der Waals surface area contributed by atoms with Crippen LogP contribution in [0.25, 0.3) is 0 Å². The molecule has 0 aliphatic carbocycles. The summed E-state index contributed by atoms with van der Waals surface area (Å²) in [4.78, 5) is 14.5. The van der Waals surface area contributed by atoms with Crippen LogP contribution < -0.4 is 10.2 Å². The number of fused-ring (bicyclic) bond motifs is 2. The molecule has 0 saturated carbocycles. The summed E-state index contributed by atoms with van der Waals surface area (Å²) in [6, 6.07) is 18.2. The van der Waals surface area contributed by atoms with Gasteiger partial charge >= 0.3 is 6.09 Å². The van der Waals surface area contributed by atoms with Crippen LogP contribution in [0.2, 0.25) is 0 Å². The number of nitrogens with one attached hydrogen (secondary N) is 1. The molecular formula is C21H25ClN2O2. The van der Waals surface area contributed by atoms with E-state index in [0.717, 1.165) is 50.1 Å². The Kier molecular flexibility index (Phi) is 5.84. The molecule has 0 atom stereocenters. The third kappa shape index (κ3) is 3.57. The largest absolute Gasteiger partial charge is 0.444 e. The quantitative estimate of drug-likeness (QED) is 0.855. The lowest BCUT2D eigenvalue weighted by atomic mass is 9.68. The lowest BCUT2D eigenvalue weighted by molar-refractivity contribution is 0.144. The van der Waals surface area contributed by atoms with Gasteiger partial charge in [0.15, 0.2) is 0 Å². The number of halogens is 1. The van der Waals surface area contributed by atoms with Crippen LogP contribution in [-0.4, -0.2) is 25.7 Å². The number of hydrogen-bond acceptors (Lipinski definition) is 3. The summed E-state index contributed by atoms with van der Waals surface area (Å²) in [5.74, 6) is 0. The highest BCUT2D eigenvalue weighted by Crippen LogP contribution is 2.45. The Morgan fingerprint density at radius 2 is 1.69 bits per heavy atom. The monoisotopic (exact) mass is 372 g/mol. The van der Waals surface area contributed by atoms with Crippen molar-refractivity contribution in [1.82, 2.24) is 5.32 Å². The first kappa shape index (κ1) is 18.7. The summed E-state index contributed by atoms with van der Waals surface area (Å²) in [6.07, 6.45) is 3.03. The first-order valence-electron chi connectivity index (χ1n) is 9.07. The van der Waals surface area contributed by atoms with Crippen LogP contribution in [-0.2, 0) is 16.8 Å². The Labute approximate surface area is 160 Å². The number of anilines is 1. The van der Waals surface area contributed by atoms with Gasteiger partial charge in [0, 0.05) is 12.0 Å². The molecule has 2 aliphatic heterocycles. The van der Waals surface area contributed by atoms with Crippen molar-refractivity contribution in [3.63, 3.8) is 0 Å². The van der Waals surface area contributed by atoms with Crippen LogP contribution in [0.3, 0.4) is 0 Å². The molecule has 1 fully saturated rings. The van der Waals surface area contributed by atoms with Gasteiger partial charge in [-0.05, 0) is 49.5 Å². The second-order valence-corrected chi connectivity index (χ2v) is 6.99. The lowest BCUT2D eigenvalue weighted by Crippen LogP contribution is -2.48. The zero-order valence-electron chi connectivity index (χ0n) is 14.8. The molecule has 1 spiro atoms. The molecule has 1 amide bonds. The van der Waals surface area contributed by atoms with E-state index in [2.05, 4.69) is 23.5 Å². The Balaban J connectivity index is 0.00000196. The number of hydrogen-bond donors (Lipinski definition) is 1. The predicted octanol–water partition coefficient (Wildman–Crippen LogP) is 4.28. The molecule has 0 radical (unpaired) electrons. The van der Waals surface area contributed by atoms with Crippen LogP contribution in [0.15, 0.2) is 54.6 Å². The fourth-order valence-electron chi connectivity index (χ4n) is 4.15. The molecule has 4 nitrogen and oxygen atoms in total. The summed E-state index contributed by atoms with van der Waals surface area (Å²) in [6.45, 7) is 3.14. The summed E-state index contributed by atoms with van der Waals surface area (Å²) in [5.41, 5.74) is 3.54. The zero-order chi connectivity index (χ0) is 17.1. The van der Waals surface area contributed by atoms with E-state index in [1.54, 1.807) is 0 Å². The van der Waals surface area contributed by atoms with Gasteiger partial charge in [-0.3, -0.25) is 4.90 Å². The molecule has 1 saturated heterocycles. The van der Waals surface area contributed by atoms with Crippen molar-refractivity contribution in [2.45, 2.75) is 31.3 Å². The highest BCUT2D eigenvalue weighted by Gasteiger charge is 2.41. The fraction of sp³-hybridized carbons (Fsp3) is 0.381. The Morgan fingerprint density at radius 3 is 2.46 bits per heavy atom. The number of carbonyl (C=O) groups is 1. The van der Waals surface area contributed by atoms with Crippen molar-refractivity contribution < 1.29 is 9.53 Å². The number of piperidine rings is 1. The van der Waals surface area contributed by atoms with E-state index in [0.29, 0.717) is 6.61 Å². The van der Waals surface area contributed by atoms with Crippen molar-refractivity contribution in [2.75, 3.05) is 24.5 Å². The third-order valence-electron chi connectivity index (χ3n) is 5.57. The van der Waals surface area contributed by atoms with Crippen molar-refractivity contribution >= 4 is 24.2 Å². The van der Waals surface area contributed by atoms with Crippen molar-refractivity contribution in [3.8, 4) is 0 Å². The average Bonchev–Trinajstić information content (AvgIpc) is 2.68. The number of benzene rings is 2. The van der Waals surface area contributed by atoms with E-state index in [1.807, 2.05) is 41.3 Å². The van der Waals surface area contributed by atoms with Gasteiger partial charge in [-0.2, -0.15) is 0 Å². The van der Waals surface area contributed by atoms with E-state index in [4.69, 9.17) is 4.74 Å². The van der Waals surface area contributed by atoms with E-state index >= 15 is 0 Å². The minimum Gasteiger partial charge on any atom is -0.444 e. The molecule has 0 bridgehead atoms. The molecule has 0 aromatic heterocycles. The molecule has 0 unspecified atom stereocenters. The number of amides is 1. The number of nitrogens with zero attached hydrogens (tertiary/aromatic N) is 1. The van der Waals surface area contributed by atoms with Gasteiger partial charge in [0.2, 0.25) is 0 Å². The van der Waals surface area contributed by atoms with Crippen LogP contribution in [0.4, 0.5) is 10.5 Å². The molecule has 5 heteroatoms. The Hall–Kier alpha value is -2.04. The van der Waals surface area contributed by atoms with Gasteiger partial charge in [0.05, 0.1) is 5.69 Å². The molecule has 4 rings (SSSR count). The second-order valence-electron chi connectivity index (χ2n) is 6.99. The average molecular weight is 373 g/mol. The second kappa shape index (κ2) is 8.11. The summed E-state index contributed by atoms with van der Waals surface area (Å²) in [5, 5.41) is 3.45. The van der Waals surface area contributed by atoms with E-state index in [9.17, 15) is 4.79 Å². The normalized spacial score (nSPS) is 17.9.